The van der Waals surface area contributed by atoms with Crippen LogP contribution >= 0.6 is 0 Å². The first-order valence-corrected chi connectivity index (χ1v) is 8.17. The molecule has 126 valence electrons. The highest BCUT2D eigenvalue weighted by atomic mass is 19.1. The average Bonchev–Trinajstić information content (AvgIpc) is 3.16. The second-order valence-electron chi connectivity index (χ2n) is 6.30. The quantitative estimate of drug-likeness (QED) is 0.854. The van der Waals surface area contributed by atoms with Crippen molar-refractivity contribution in [1.82, 2.24) is 19.9 Å². The Hall–Kier alpha value is -2.28. The van der Waals surface area contributed by atoms with Crippen LogP contribution < -0.4 is 9.47 Å². The summed E-state index contributed by atoms with van der Waals surface area (Å²) in [5.41, 5.74) is 2.18. The molecule has 0 unspecified atom stereocenters. The van der Waals surface area contributed by atoms with Crippen LogP contribution in [0.25, 0.3) is 0 Å². The van der Waals surface area contributed by atoms with Crippen molar-refractivity contribution in [2.75, 3.05) is 13.2 Å². The normalized spacial score (nSPS) is 23.1. The molecule has 2 atom stereocenters. The van der Waals surface area contributed by atoms with E-state index in [1.54, 1.807) is 0 Å². The molecule has 4 heterocycles. The van der Waals surface area contributed by atoms with Crippen molar-refractivity contribution in [2.24, 2.45) is 0 Å². The van der Waals surface area contributed by atoms with Gasteiger partial charge >= 0.3 is 6.01 Å². The largest absolute Gasteiger partial charge is 0.477 e. The van der Waals surface area contributed by atoms with E-state index in [0.717, 1.165) is 56.5 Å². The van der Waals surface area contributed by atoms with Crippen molar-refractivity contribution in [3.63, 3.8) is 0 Å². The summed E-state index contributed by atoms with van der Waals surface area (Å²) in [5.74, 6) is 0.306. The monoisotopic (exact) mass is 330 g/mol. The number of ether oxygens (including phenoxy) is 2. The van der Waals surface area contributed by atoms with Crippen LogP contribution in [-0.4, -0.2) is 45.1 Å². The van der Waals surface area contributed by atoms with Crippen molar-refractivity contribution in [1.29, 1.82) is 0 Å². The molecule has 2 aliphatic rings. The van der Waals surface area contributed by atoms with Gasteiger partial charge in [-0.2, -0.15) is 0 Å². The van der Waals surface area contributed by atoms with Gasteiger partial charge in [0.15, 0.2) is 5.82 Å². The van der Waals surface area contributed by atoms with Gasteiger partial charge in [-0.25, -0.2) is 19.3 Å². The van der Waals surface area contributed by atoms with Gasteiger partial charge in [-0.3, -0.25) is 4.90 Å². The first-order chi connectivity index (χ1) is 11.7. The number of aromatic nitrogens is 3. The van der Waals surface area contributed by atoms with E-state index < -0.39 is 5.82 Å². The number of halogens is 1. The van der Waals surface area contributed by atoms with E-state index in [0.29, 0.717) is 6.04 Å². The lowest BCUT2D eigenvalue weighted by molar-refractivity contribution is 0.180. The molecule has 0 spiro atoms. The van der Waals surface area contributed by atoms with E-state index in [2.05, 4.69) is 38.9 Å². The van der Waals surface area contributed by atoms with Crippen LogP contribution in [-0.2, 0) is 13.0 Å². The van der Waals surface area contributed by atoms with Crippen LogP contribution in [0.3, 0.4) is 0 Å². The second-order valence-corrected chi connectivity index (χ2v) is 6.30. The first kappa shape index (κ1) is 15.3. The van der Waals surface area contributed by atoms with Crippen LogP contribution in [0, 0.1) is 5.82 Å². The van der Waals surface area contributed by atoms with E-state index in [1.165, 1.54) is 5.56 Å². The van der Waals surface area contributed by atoms with Crippen LogP contribution in [0.2, 0.25) is 0 Å². The zero-order valence-electron chi connectivity index (χ0n) is 13.5. The van der Waals surface area contributed by atoms with Gasteiger partial charge in [0.1, 0.15) is 6.10 Å². The van der Waals surface area contributed by atoms with Gasteiger partial charge in [0.2, 0.25) is 5.88 Å². The SMILES string of the molecule is C[C@H]1C[C@@H](Oc2ncc(F)cn2)CN1Cc1ccc2c(n1)OCC2. The summed E-state index contributed by atoms with van der Waals surface area (Å²) in [5, 5.41) is 0. The third kappa shape index (κ3) is 3.17. The van der Waals surface area contributed by atoms with Gasteiger partial charge in [0.25, 0.3) is 0 Å². The standard InChI is InChI=1S/C17H19FN4O2/c1-11-6-15(24-17-19-7-13(18)8-20-17)10-22(11)9-14-3-2-12-4-5-23-16(12)21-14/h2-3,7-8,11,15H,4-6,9-10H2,1H3/t11-,15+/m0/s1. The smallest absolute Gasteiger partial charge is 0.316 e. The summed E-state index contributed by atoms with van der Waals surface area (Å²) in [4.78, 5) is 14.6. The number of hydrogen-bond donors (Lipinski definition) is 0. The average molecular weight is 330 g/mol. The molecule has 2 aromatic heterocycles. The fraction of sp³-hybridized carbons (Fsp3) is 0.471. The Labute approximate surface area is 139 Å². The molecular weight excluding hydrogens is 311 g/mol. The van der Waals surface area contributed by atoms with E-state index in [4.69, 9.17) is 9.47 Å². The van der Waals surface area contributed by atoms with E-state index >= 15 is 0 Å². The maximum atomic E-state index is 12.9. The molecule has 0 amide bonds. The minimum Gasteiger partial charge on any atom is -0.477 e. The molecule has 2 aromatic rings. The lowest BCUT2D eigenvalue weighted by atomic mass is 10.2. The molecule has 0 radical (unpaired) electrons. The number of fused-ring (bicyclic) bond motifs is 1. The van der Waals surface area contributed by atoms with Crippen molar-refractivity contribution in [3.05, 3.63) is 41.6 Å². The number of nitrogens with zero attached hydrogens (tertiary/aromatic N) is 4. The summed E-state index contributed by atoms with van der Waals surface area (Å²) < 4.78 is 24.2. The predicted molar refractivity (Wildman–Crippen MR) is 84.3 cm³/mol. The summed E-state index contributed by atoms with van der Waals surface area (Å²) in [6.45, 7) is 4.40. The Morgan fingerprint density at radius 2 is 2.17 bits per heavy atom. The van der Waals surface area contributed by atoms with Crippen molar-refractivity contribution < 1.29 is 13.9 Å². The maximum absolute atomic E-state index is 12.9. The van der Waals surface area contributed by atoms with E-state index in [9.17, 15) is 4.39 Å². The van der Waals surface area contributed by atoms with Gasteiger partial charge in [-0.15, -0.1) is 0 Å². The van der Waals surface area contributed by atoms with Crippen molar-refractivity contribution in [3.8, 4) is 11.9 Å². The fourth-order valence-electron chi connectivity index (χ4n) is 3.24. The second kappa shape index (κ2) is 6.32. The lowest BCUT2D eigenvalue weighted by Crippen LogP contribution is -2.28. The van der Waals surface area contributed by atoms with Crippen molar-refractivity contribution in [2.45, 2.75) is 38.5 Å². The molecule has 0 N–H and O–H groups in total. The van der Waals surface area contributed by atoms with Gasteiger partial charge in [-0.05, 0) is 13.0 Å². The predicted octanol–water partition coefficient (Wildman–Crippen LogP) is 1.99. The van der Waals surface area contributed by atoms with Gasteiger partial charge in [-0.1, -0.05) is 6.07 Å². The van der Waals surface area contributed by atoms with Crippen LogP contribution in [0.4, 0.5) is 4.39 Å². The molecular formula is C17H19FN4O2. The fourth-order valence-corrected chi connectivity index (χ4v) is 3.24. The van der Waals surface area contributed by atoms with Crippen molar-refractivity contribution >= 4 is 0 Å². The molecule has 0 bridgehead atoms. The minimum atomic E-state index is -0.464. The zero-order chi connectivity index (χ0) is 16.5. The highest BCUT2D eigenvalue weighted by Gasteiger charge is 2.31. The lowest BCUT2D eigenvalue weighted by Gasteiger charge is -2.20. The first-order valence-electron chi connectivity index (χ1n) is 8.17. The van der Waals surface area contributed by atoms with Crippen LogP contribution in [0.5, 0.6) is 11.9 Å². The van der Waals surface area contributed by atoms with Crippen LogP contribution in [0.15, 0.2) is 24.5 Å². The summed E-state index contributed by atoms with van der Waals surface area (Å²) in [7, 11) is 0. The Balaban J connectivity index is 1.39. The molecule has 0 aromatic carbocycles. The minimum absolute atomic E-state index is 0.00358. The molecule has 0 saturated carbocycles. The topological polar surface area (TPSA) is 60.4 Å². The third-order valence-electron chi connectivity index (χ3n) is 4.51. The molecule has 4 rings (SSSR count). The summed E-state index contributed by atoms with van der Waals surface area (Å²) in [6, 6.07) is 4.76. The Bertz CT molecular complexity index is 725. The Morgan fingerprint density at radius 1 is 1.33 bits per heavy atom. The molecule has 1 saturated heterocycles. The van der Waals surface area contributed by atoms with Gasteiger partial charge in [0.05, 0.1) is 24.7 Å². The number of pyridine rings is 1. The highest BCUT2D eigenvalue weighted by Crippen LogP contribution is 2.26. The molecule has 2 aliphatic heterocycles. The highest BCUT2D eigenvalue weighted by molar-refractivity contribution is 5.31. The Morgan fingerprint density at radius 3 is 3.00 bits per heavy atom. The van der Waals surface area contributed by atoms with Crippen LogP contribution in [0.1, 0.15) is 24.6 Å². The molecule has 24 heavy (non-hydrogen) atoms. The molecule has 0 aliphatic carbocycles. The number of rotatable bonds is 4. The number of hydrogen-bond acceptors (Lipinski definition) is 6. The summed E-state index contributed by atoms with van der Waals surface area (Å²) >= 11 is 0. The Kier molecular flexibility index (Phi) is 4.02. The zero-order valence-corrected chi connectivity index (χ0v) is 13.5. The number of likely N-dealkylation sites (tertiary alicyclic amines) is 1. The molecule has 1 fully saturated rings. The van der Waals surface area contributed by atoms with Gasteiger partial charge in [0, 0.05) is 37.5 Å². The van der Waals surface area contributed by atoms with Gasteiger partial charge < -0.3 is 9.47 Å². The summed E-state index contributed by atoms with van der Waals surface area (Å²) in [6.07, 6.45) is 4.05. The van der Waals surface area contributed by atoms with E-state index in [1.807, 2.05) is 0 Å². The molecule has 6 nitrogen and oxygen atoms in total. The molecule has 7 heteroatoms. The maximum Gasteiger partial charge on any atom is 0.316 e. The van der Waals surface area contributed by atoms with E-state index in [-0.39, 0.29) is 12.1 Å². The third-order valence-corrected chi connectivity index (χ3v) is 4.51.